The van der Waals surface area contributed by atoms with Gasteiger partial charge in [0.1, 0.15) is 11.6 Å². The summed E-state index contributed by atoms with van der Waals surface area (Å²) < 4.78 is 26.1. The highest BCUT2D eigenvalue weighted by Gasteiger charge is 2.08. The van der Waals surface area contributed by atoms with Crippen LogP contribution in [0.15, 0.2) is 42.5 Å². The zero-order valence-corrected chi connectivity index (χ0v) is 11.0. The lowest BCUT2D eigenvalue weighted by molar-refractivity contribution is 0.251. The van der Waals surface area contributed by atoms with Gasteiger partial charge in [-0.1, -0.05) is 29.8 Å². The van der Waals surface area contributed by atoms with Gasteiger partial charge in [-0.05, 0) is 23.8 Å². The van der Waals surface area contributed by atoms with Crippen molar-refractivity contribution < 1.29 is 13.6 Å². The van der Waals surface area contributed by atoms with Gasteiger partial charge in [-0.15, -0.1) is 0 Å². The molecule has 104 valence electrons. The van der Waals surface area contributed by atoms with Gasteiger partial charge in [-0.2, -0.15) is 0 Å². The summed E-state index contributed by atoms with van der Waals surface area (Å²) in [6, 6.07) is 9.35. The molecule has 0 heterocycles. The number of nitrogens with one attached hydrogen (secondary N) is 2. The lowest BCUT2D eigenvalue weighted by Crippen LogP contribution is -2.28. The number of hydrogen-bond acceptors (Lipinski definition) is 1. The maximum absolute atomic E-state index is 13.3. The van der Waals surface area contributed by atoms with E-state index in [4.69, 9.17) is 11.6 Å². The number of carbonyl (C=O) groups is 1. The van der Waals surface area contributed by atoms with E-state index < -0.39 is 17.7 Å². The van der Waals surface area contributed by atoms with E-state index in [1.807, 2.05) is 0 Å². The minimum atomic E-state index is -0.835. The van der Waals surface area contributed by atoms with Gasteiger partial charge in [0.05, 0.1) is 5.69 Å². The Balaban J connectivity index is 1.94. The number of amides is 2. The second-order valence-electron chi connectivity index (χ2n) is 4.02. The molecule has 0 saturated heterocycles. The molecule has 0 aliphatic carbocycles. The van der Waals surface area contributed by atoms with Crippen molar-refractivity contribution in [3.63, 3.8) is 0 Å². The third-order valence-corrected chi connectivity index (χ3v) is 2.95. The maximum Gasteiger partial charge on any atom is 0.319 e. The fourth-order valence-electron chi connectivity index (χ4n) is 1.57. The minimum absolute atomic E-state index is 0.0944. The summed E-state index contributed by atoms with van der Waals surface area (Å²) in [6.07, 6.45) is 0. The predicted octanol–water partition coefficient (Wildman–Crippen LogP) is 3.94. The topological polar surface area (TPSA) is 41.1 Å². The SMILES string of the molecule is O=C(NCc1ccccc1Cl)Nc1ccc(F)cc1F. The van der Waals surface area contributed by atoms with Crippen molar-refractivity contribution >= 4 is 23.3 Å². The first-order chi connectivity index (χ1) is 9.56. The Labute approximate surface area is 119 Å². The fraction of sp³-hybridized carbons (Fsp3) is 0.0714. The molecule has 2 aromatic rings. The highest BCUT2D eigenvalue weighted by Crippen LogP contribution is 2.16. The van der Waals surface area contributed by atoms with Gasteiger partial charge in [0, 0.05) is 17.6 Å². The molecule has 2 rings (SSSR count). The molecule has 0 atom stereocenters. The summed E-state index contributed by atoms with van der Waals surface area (Å²) in [7, 11) is 0. The van der Waals surface area contributed by atoms with E-state index in [1.54, 1.807) is 24.3 Å². The van der Waals surface area contributed by atoms with Crippen LogP contribution >= 0.6 is 11.6 Å². The maximum atomic E-state index is 13.3. The molecule has 0 spiro atoms. The van der Waals surface area contributed by atoms with Gasteiger partial charge in [0.25, 0.3) is 0 Å². The highest BCUT2D eigenvalue weighted by molar-refractivity contribution is 6.31. The van der Waals surface area contributed by atoms with Crippen molar-refractivity contribution in [2.75, 3.05) is 5.32 Å². The van der Waals surface area contributed by atoms with E-state index in [1.165, 1.54) is 0 Å². The van der Waals surface area contributed by atoms with E-state index >= 15 is 0 Å². The third kappa shape index (κ3) is 3.68. The standard InChI is InChI=1S/C14H11ClF2N2O/c15-11-4-2-1-3-9(11)8-18-14(20)19-13-6-5-10(16)7-12(13)17/h1-7H,8H2,(H2,18,19,20). The van der Waals surface area contributed by atoms with E-state index in [9.17, 15) is 13.6 Å². The molecular weight excluding hydrogens is 286 g/mol. The second-order valence-corrected chi connectivity index (χ2v) is 4.43. The van der Waals surface area contributed by atoms with Crippen LogP contribution < -0.4 is 10.6 Å². The minimum Gasteiger partial charge on any atom is -0.334 e. The Morgan fingerprint density at radius 1 is 1.15 bits per heavy atom. The zero-order chi connectivity index (χ0) is 14.5. The molecule has 0 radical (unpaired) electrons. The third-order valence-electron chi connectivity index (χ3n) is 2.58. The first-order valence-electron chi connectivity index (χ1n) is 5.79. The number of anilines is 1. The molecule has 6 heteroatoms. The van der Waals surface area contributed by atoms with Crippen LogP contribution in [0.5, 0.6) is 0 Å². The molecule has 0 aliphatic rings. The van der Waals surface area contributed by atoms with Crippen molar-refractivity contribution in [2.24, 2.45) is 0 Å². The molecule has 2 N–H and O–H groups in total. The van der Waals surface area contributed by atoms with Crippen LogP contribution in [0.2, 0.25) is 5.02 Å². The van der Waals surface area contributed by atoms with Crippen LogP contribution in [0, 0.1) is 11.6 Å². The van der Waals surface area contributed by atoms with E-state index in [-0.39, 0.29) is 12.2 Å². The Bertz CT molecular complexity index is 634. The van der Waals surface area contributed by atoms with Gasteiger partial charge >= 0.3 is 6.03 Å². The van der Waals surface area contributed by atoms with Crippen LogP contribution in [0.1, 0.15) is 5.56 Å². The summed E-state index contributed by atoms with van der Waals surface area (Å²) in [6.45, 7) is 0.203. The normalized spacial score (nSPS) is 10.2. The van der Waals surface area contributed by atoms with Gasteiger partial charge in [-0.25, -0.2) is 13.6 Å². The summed E-state index contributed by atoms with van der Waals surface area (Å²) >= 11 is 5.94. The van der Waals surface area contributed by atoms with Crippen LogP contribution in [-0.4, -0.2) is 6.03 Å². The molecule has 0 fully saturated rings. The van der Waals surface area contributed by atoms with Crippen LogP contribution in [0.4, 0.5) is 19.3 Å². The van der Waals surface area contributed by atoms with Gasteiger partial charge in [-0.3, -0.25) is 0 Å². The summed E-state index contributed by atoms with van der Waals surface area (Å²) in [4.78, 5) is 11.6. The van der Waals surface area contributed by atoms with Crippen molar-refractivity contribution in [1.82, 2.24) is 5.32 Å². The van der Waals surface area contributed by atoms with E-state index in [2.05, 4.69) is 10.6 Å². The molecule has 20 heavy (non-hydrogen) atoms. The van der Waals surface area contributed by atoms with Crippen molar-refractivity contribution in [3.8, 4) is 0 Å². The molecular formula is C14H11ClF2N2O. The molecule has 0 saturated carbocycles. The monoisotopic (exact) mass is 296 g/mol. The van der Waals surface area contributed by atoms with Crippen molar-refractivity contribution in [2.45, 2.75) is 6.54 Å². The lowest BCUT2D eigenvalue weighted by Gasteiger charge is -2.09. The summed E-state index contributed by atoms with van der Waals surface area (Å²) in [5.74, 6) is -1.54. The predicted molar refractivity (Wildman–Crippen MR) is 73.7 cm³/mol. The highest BCUT2D eigenvalue weighted by atomic mass is 35.5. The van der Waals surface area contributed by atoms with Gasteiger partial charge in [0.15, 0.2) is 0 Å². The largest absolute Gasteiger partial charge is 0.334 e. The number of rotatable bonds is 3. The van der Waals surface area contributed by atoms with Crippen molar-refractivity contribution in [3.05, 3.63) is 64.7 Å². The average molecular weight is 297 g/mol. The zero-order valence-electron chi connectivity index (χ0n) is 10.3. The van der Waals surface area contributed by atoms with Crippen LogP contribution in [-0.2, 0) is 6.54 Å². The number of halogens is 3. The van der Waals surface area contributed by atoms with E-state index in [0.717, 1.165) is 17.7 Å². The Kier molecular flexibility index (Phi) is 4.53. The van der Waals surface area contributed by atoms with E-state index in [0.29, 0.717) is 11.1 Å². The quantitative estimate of drug-likeness (QED) is 0.885. The van der Waals surface area contributed by atoms with Gasteiger partial charge in [0.2, 0.25) is 0 Å². The number of benzene rings is 2. The molecule has 0 aliphatic heterocycles. The Hall–Kier alpha value is -2.14. The Morgan fingerprint density at radius 3 is 2.60 bits per heavy atom. The smallest absolute Gasteiger partial charge is 0.319 e. The molecule has 2 aromatic carbocycles. The fourth-order valence-corrected chi connectivity index (χ4v) is 1.78. The van der Waals surface area contributed by atoms with Crippen LogP contribution in [0.25, 0.3) is 0 Å². The summed E-state index contributed by atoms with van der Waals surface area (Å²) in [5.41, 5.74) is 0.645. The Morgan fingerprint density at radius 2 is 1.90 bits per heavy atom. The second kappa shape index (κ2) is 6.34. The molecule has 0 bridgehead atoms. The van der Waals surface area contributed by atoms with Crippen molar-refractivity contribution in [1.29, 1.82) is 0 Å². The molecule has 3 nitrogen and oxygen atoms in total. The first kappa shape index (κ1) is 14.3. The molecule has 0 unspecified atom stereocenters. The van der Waals surface area contributed by atoms with Gasteiger partial charge < -0.3 is 10.6 Å². The summed E-state index contributed by atoms with van der Waals surface area (Å²) in [5, 5.41) is 5.36. The lowest BCUT2D eigenvalue weighted by atomic mass is 10.2. The number of hydrogen-bond donors (Lipinski definition) is 2. The number of carbonyl (C=O) groups excluding carboxylic acids is 1. The molecule has 2 amide bonds. The first-order valence-corrected chi connectivity index (χ1v) is 6.17. The average Bonchev–Trinajstić information content (AvgIpc) is 2.41. The molecule has 0 aromatic heterocycles. The number of urea groups is 1. The van der Waals surface area contributed by atoms with Crippen LogP contribution in [0.3, 0.4) is 0 Å².